The maximum Gasteiger partial charge on any atom is 0.236 e. The van der Waals surface area contributed by atoms with Gasteiger partial charge in [-0.15, -0.1) is 0 Å². The number of nitriles is 1. The normalized spacial score (nSPS) is 25.7. The zero-order valence-corrected chi connectivity index (χ0v) is 18.2. The lowest BCUT2D eigenvalue weighted by Gasteiger charge is -2.31. The molecule has 0 unspecified atom stereocenters. The molecule has 0 radical (unpaired) electrons. The molecule has 1 aromatic heterocycles. The summed E-state index contributed by atoms with van der Waals surface area (Å²) in [6.07, 6.45) is 4.39. The van der Waals surface area contributed by atoms with Crippen molar-refractivity contribution in [3.63, 3.8) is 0 Å². The number of anilines is 1. The Bertz CT molecular complexity index is 878. The van der Waals surface area contributed by atoms with E-state index in [0.29, 0.717) is 44.7 Å². The average Bonchev–Trinajstić information content (AvgIpc) is 3.05. The van der Waals surface area contributed by atoms with Gasteiger partial charge in [-0.05, 0) is 39.0 Å². The molecule has 3 rings (SSSR count). The molecule has 1 saturated carbocycles. The van der Waals surface area contributed by atoms with Crippen molar-refractivity contribution in [1.29, 1.82) is 5.26 Å². The Morgan fingerprint density at radius 2 is 2.13 bits per heavy atom. The SMILES string of the molecule is COCCS(=O)(=O)N1CCC(Nc2ncc(C#N)c(O[C@@H]3CCC[C@]3(C)O)n2)CC1. The Hall–Kier alpha value is -2.00. The van der Waals surface area contributed by atoms with Gasteiger partial charge in [0.2, 0.25) is 21.9 Å². The fraction of sp³-hybridized carbons (Fsp3) is 0.737. The van der Waals surface area contributed by atoms with Gasteiger partial charge in [0, 0.05) is 26.2 Å². The highest BCUT2D eigenvalue weighted by molar-refractivity contribution is 7.89. The van der Waals surface area contributed by atoms with Gasteiger partial charge in [0.1, 0.15) is 17.7 Å². The number of hydrogen-bond donors (Lipinski definition) is 2. The molecule has 11 heteroatoms. The molecule has 0 aromatic carbocycles. The van der Waals surface area contributed by atoms with E-state index in [1.54, 1.807) is 6.92 Å². The number of ether oxygens (including phenoxy) is 2. The Morgan fingerprint density at radius 3 is 2.73 bits per heavy atom. The standard InChI is InChI=1S/C19H29N5O5S/c1-19(25)7-3-4-16(19)29-17-14(12-20)13-21-18(23-17)22-15-5-8-24(9-6-15)30(26,27)11-10-28-2/h13,15-16,25H,3-11H2,1-2H3,(H,21,22,23)/t16-,19+/m1/s1. The van der Waals surface area contributed by atoms with Crippen LogP contribution in [0.5, 0.6) is 5.88 Å². The Kier molecular flexibility index (Phi) is 7.13. The first-order valence-electron chi connectivity index (χ1n) is 10.1. The molecule has 166 valence electrons. The highest BCUT2D eigenvalue weighted by Gasteiger charge is 2.39. The van der Waals surface area contributed by atoms with Crippen molar-refractivity contribution >= 4 is 16.0 Å². The first-order valence-corrected chi connectivity index (χ1v) is 11.8. The van der Waals surface area contributed by atoms with Crippen LogP contribution in [0.25, 0.3) is 0 Å². The van der Waals surface area contributed by atoms with Crippen LogP contribution in [0, 0.1) is 11.3 Å². The van der Waals surface area contributed by atoms with Crippen LogP contribution in [-0.4, -0.2) is 78.1 Å². The number of aliphatic hydroxyl groups is 1. The van der Waals surface area contributed by atoms with Gasteiger partial charge >= 0.3 is 0 Å². The van der Waals surface area contributed by atoms with E-state index in [2.05, 4.69) is 15.3 Å². The monoisotopic (exact) mass is 439 g/mol. The van der Waals surface area contributed by atoms with Crippen LogP contribution < -0.4 is 10.1 Å². The van der Waals surface area contributed by atoms with Crippen molar-refractivity contribution in [2.45, 2.75) is 56.8 Å². The predicted molar refractivity (Wildman–Crippen MR) is 110 cm³/mol. The second kappa shape index (κ2) is 9.43. The minimum Gasteiger partial charge on any atom is -0.470 e. The van der Waals surface area contributed by atoms with Gasteiger partial charge in [-0.25, -0.2) is 17.7 Å². The van der Waals surface area contributed by atoms with Gasteiger partial charge in [-0.1, -0.05) is 0 Å². The average molecular weight is 440 g/mol. The van der Waals surface area contributed by atoms with Crippen LogP contribution in [0.2, 0.25) is 0 Å². The zero-order valence-electron chi connectivity index (χ0n) is 17.4. The maximum absolute atomic E-state index is 12.3. The lowest BCUT2D eigenvalue weighted by molar-refractivity contribution is -0.0271. The lowest BCUT2D eigenvalue weighted by Crippen LogP contribution is -2.44. The van der Waals surface area contributed by atoms with Crippen molar-refractivity contribution in [1.82, 2.24) is 14.3 Å². The molecule has 0 spiro atoms. The van der Waals surface area contributed by atoms with Crippen molar-refractivity contribution in [3.8, 4) is 11.9 Å². The molecule has 1 aromatic rings. The summed E-state index contributed by atoms with van der Waals surface area (Å²) >= 11 is 0. The number of methoxy groups -OCH3 is 1. The van der Waals surface area contributed by atoms with Crippen molar-refractivity contribution in [2.75, 3.05) is 37.9 Å². The molecule has 0 bridgehead atoms. The van der Waals surface area contributed by atoms with Crippen LogP contribution in [0.3, 0.4) is 0 Å². The van der Waals surface area contributed by atoms with E-state index in [1.165, 1.54) is 17.6 Å². The third kappa shape index (κ3) is 5.37. The molecule has 2 atom stereocenters. The number of aromatic nitrogens is 2. The number of piperidine rings is 1. The second-order valence-corrected chi connectivity index (χ2v) is 10.1. The molecule has 1 saturated heterocycles. The van der Waals surface area contributed by atoms with E-state index >= 15 is 0 Å². The van der Waals surface area contributed by atoms with E-state index in [4.69, 9.17) is 9.47 Å². The fourth-order valence-electron chi connectivity index (χ4n) is 3.82. The van der Waals surface area contributed by atoms with Crippen LogP contribution in [0.15, 0.2) is 6.20 Å². The highest BCUT2D eigenvalue weighted by Crippen LogP contribution is 2.33. The number of hydrogen-bond acceptors (Lipinski definition) is 9. The summed E-state index contributed by atoms with van der Waals surface area (Å²) in [6, 6.07) is 2.03. The molecule has 1 aliphatic heterocycles. The largest absolute Gasteiger partial charge is 0.470 e. The quantitative estimate of drug-likeness (QED) is 0.604. The van der Waals surface area contributed by atoms with Gasteiger partial charge in [0.25, 0.3) is 0 Å². The lowest BCUT2D eigenvalue weighted by atomic mass is 10.0. The first kappa shape index (κ1) is 22.7. The van der Waals surface area contributed by atoms with E-state index < -0.39 is 21.7 Å². The molecular weight excluding hydrogens is 410 g/mol. The molecule has 10 nitrogen and oxygen atoms in total. The van der Waals surface area contributed by atoms with Gasteiger partial charge in [-0.2, -0.15) is 10.2 Å². The van der Waals surface area contributed by atoms with Gasteiger partial charge in [0.05, 0.1) is 24.2 Å². The van der Waals surface area contributed by atoms with E-state index in [1.807, 2.05) is 6.07 Å². The summed E-state index contributed by atoms with van der Waals surface area (Å²) < 4.78 is 36.8. The number of nitrogens with zero attached hydrogens (tertiary/aromatic N) is 4. The van der Waals surface area contributed by atoms with Crippen molar-refractivity contribution < 1.29 is 23.0 Å². The van der Waals surface area contributed by atoms with Crippen molar-refractivity contribution in [3.05, 3.63) is 11.8 Å². The zero-order chi connectivity index (χ0) is 21.8. The minimum absolute atomic E-state index is 0.00856. The van der Waals surface area contributed by atoms with Crippen LogP contribution >= 0.6 is 0 Å². The summed E-state index contributed by atoms with van der Waals surface area (Å²) in [7, 11) is -1.83. The predicted octanol–water partition coefficient (Wildman–Crippen LogP) is 0.883. The number of sulfonamides is 1. The number of rotatable bonds is 8. The van der Waals surface area contributed by atoms with Crippen molar-refractivity contribution in [2.24, 2.45) is 0 Å². The van der Waals surface area contributed by atoms with E-state index in [0.717, 1.165) is 6.42 Å². The van der Waals surface area contributed by atoms with Gasteiger partial charge < -0.3 is 19.9 Å². The maximum atomic E-state index is 12.3. The summed E-state index contributed by atoms with van der Waals surface area (Å²) in [5, 5.41) is 23.0. The summed E-state index contributed by atoms with van der Waals surface area (Å²) in [5.74, 6) is 0.454. The van der Waals surface area contributed by atoms with E-state index in [-0.39, 0.29) is 29.8 Å². The highest BCUT2D eigenvalue weighted by atomic mass is 32.2. The second-order valence-electron chi connectivity index (χ2n) is 8.01. The summed E-state index contributed by atoms with van der Waals surface area (Å²) in [6.45, 7) is 2.73. The van der Waals surface area contributed by atoms with E-state index in [9.17, 15) is 18.8 Å². The van der Waals surface area contributed by atoms with Crippen LogP contribution in [0.1, 0.15) is 44.6 Å². The molecule has 2 heterocycles. The Labute approximate surface area is 177 Å². The fourth-order valence-corrected chi connectivity index (χ4v) is 5.22. The third-order valence-electron chi connectivity index (χ3n) is 5.70. The smallest absolute Gasteiger partial charge is 0.236 e. The molecule has 1 aliphatic carbocycles. The third-order valence-corrected chi connectivity index (χ3v) is 7.53. The Morgan fingerprint density at radius 1 is 1.40 bits per heavy atom. The molecule has 2 N–H and O–H groups in total. The van der Waals surface area contributed by atoms with Crippen LogP contribution in [0.4, 0.5) is 5.95 Å². The summed E-state index contributed by atoms with van der Waals surface area (Å²) in [4.78, 5) is 8.54. The molecular formula is C19H29N5O5S. The number of nitrogens with one attached hydrogen (secondary N) is 1. The van der Waals surface area contributed by atoms with Crippen LogP contribution in [-0.2, 0) is 14.8 Å². The Balaban J connectivity index is 1.62. The molecule has 2 aliphatic rings. The molecule has 2 fully saturated rings. The molecule has 30 heavy (non-hydrogen) atoms. The first-order chi connectivity index (χ1) is 14.2. The minimum atomic E-state index is -3.31. The topological polar surface area (TPSA) is 138 Å². The summed E-state index contributed by atoms with van der Waals surface area (Å²) in [5.41, 5.74) is -0.742. The molecule has 0 amide bonds. The van der Waals surface area contributed by atoms with Gasteiger partial charge in [-0.3, -0.25) is 0 Å². The van der Waals surface area contributed by atoms with Gasteiger partial charge in [0.15, 0.2) is 0 Å².